The molecular weight excluding hydrogens is 668 g/mol. The molecule has 8 N–H and O–H groups in total. The number of carbonyl (C=O) groups excluding carboxylic acids is 4. The Balaban J connectivity index is 0.00000833. The first-order valence-electron chi connectivity index (χ1n) is 15.1. The Morgan fingerprint density at radius 2 is 1.06 bits per heavy atom. The van der Waals surface area contributed by atoms with E-state index in [0.717, 1.165) is 18.2 Å². The highest BCUT2D eigenvalue weighted by molar-refractivity contribution is 5.96. The lowest BCUT2D eigenvalue weighted by Crippen LogP contribution is -2.50. The van der Waals surface area contributed by atoms with E-state index in [1.807, 2.05) is 0 Å². The quantitative estimate of drug-likeness (QED) is 0.0661. The highest BCUT2D eigenvalue weighted by Gasteiger charge is 2.27. The Morgan fingerprint density at radius 3 is 1.47 bits per heavy atom. The standard InChI is InChI=1S/C30H38N8O10.ClH/c31-15-2-1-8-20(34-29(44)23-11-5-14-26(41)38(23)48)30(45)35(18-6-16-32-27(42)21-9-3-12-24(39)36(21)46)19-7-17-33-28(43)22-10-4-13-25(40)37(22)47;/h3-5,9-14,20,46-48H,1-2,6-8,15-19,31H2,(H,32,42)(H,33,43)(H,34,44);1H/t20-;/m0./s1. The lowest BCUT2D eigenvalue weighted by molar-refractivity contribution is -0.133. The number of pyridine rings is 3. The molecule has 0 aliphatic heterocycles. The van der Waals surface area contributed by atoms with Gasteiger partial charge in [0.2, 0.25) is 5.91 Å². The van der Waals surface area contributed by atoms with Crippen LogP contribution in [0.25, 0.3) is 0 Å². The first-order valence-corrected chi connectivity index (χ1v) is 15.1. The molecule has 0 unspecified atom stereocenters. The number of unbranched alkanes of at least 4 members (excludes halogenated alkanes) is 1. The minimum absolute atomic E-state index is 0. The van der Waals surface area contributed by atoms with Crippen LogP contribution in [0, 0.1) is 0 Å². The van der Waals surface area contributed by atoms with Crippen molar-refractivity contribution in [3.63, 3.8) is 0 Å². The molecule has 3 aromatic heterocycles. The maximum atomic E-state index is 13.9. The minimum atomic E-state index is -1.11. The predicted molar refractivity (Wildman–Crippen MR) is 176 cm³/mol. The Morgan fingerprint density at radius 1 is 0.653 bits per heavy atom. The molecule has 18 nitrogen and oxygen atoms in total. The normalized spacial score (nSPS) is 11.1. The van der Waals surface area contributed by atoms with Crippen LogP contribution in [0.2, 0.25) is 0 Å². The Labute approximate surface area is 285 Å². The van der Waals surface area contributed by atoms with Crippen molar-refractivity contribution >= 4 is 36.0 Å². The van der Waals surface area contributed by atoms with Crippen LogP contribution in [0.4, 0.5) is 0 Å². The van der Waals surface area contributed by atoms with Crippen LogP contribution in [0.5, 0.6) is 0 Å². The van der Waals surface area contributed by atoms with Gasteiger partial charge in [-0.25, -0.2) is 0 Å². The highest BCUT2D eigenvalue weighted by Crippen LogP contribution is 2.09. The van der Waals surface area contributed by atoms with Gasteiger partial charge in [-0.15, -0.1) is 26.6 Å². The highest BCUT2D eigenvalue weighted by atomic mass is 35.5. The van der Waals surface area contributed by atoms with Gasteiger partial charge in [0.05, 0.1) is 0 Å². The Bertz CT molecular complexity index is 1710. The zero-order valence-electron chi connectivity index (χ0n) is 26.3. The second kappa shape index (κ2) is 19.3. The smallest absolute Gasteiger partial charge is 0.283 e. The number of amides is 4. The summed E-state index contributed by atoms with van der Waals surface area (Å²) < 4.78 is 0.577. The monoisotopic (exact) mass is 706 g/mol. The second-order valence-electron chi connectivity index (χ2n) is 10.5. The lowest BCUT2D eigenvalue weighted by atomic mass is 10.1. The molecule has 3 heterocycles. The van der Waals surface area contributed by atoms with Gasteiger partial charge < -0.3 is 42.2 Å². The third kappa shape index (κ3) is 11.0. The average Bonchev–Trinajstić information content (AvgIpc) is 3.06. The van der Waals surface area contributed by atoms with Crippen molar-refractivity contribution in [3.05, 3.63) is 103 Å². The minimum Gasteiger partial charge on any atom is -0.425 e. The van der Waals surface area contributed by atoms with E-state index in [1.165, 1.54) is 41.3 Å². The van der Waals surface area contributed by atoms with E-state index in [2.05, 4.69) is 16.0 Å². The summed E-state index contributed by atoms with van der Waals surface area (Å²) in [5.74, 6) is -2.87. The molecule has 0 saturated heterocycles. The molecule has 4 amide bonds. The maximum Gasteiger partial charge on any atom is 0.283 e. The van der Waals surface area contributed by atoms with Crippen molar-refractivity contribution in [3.8, 4) is 0 Å². The Kier molecular flexibility index (Phi) is 15.5. The summed E-state index contributed by atoms with van der Waals surface area (Å²) in [5, 5.41) is 37.4. The summed E-state index contributed by atoms with van der Waals surface area (Å²) in [5.41, 5.74) is 2.22. The van der Waals surface area contributed by atoms with Gasteiger partial charge in [-0.3, -0.25) is 33.6 Å². The van der Waals surface area contributed by atoms with Crippen LogP contribution in [-0.2, 0) is 4.79 Å². The van der Waals surface area contributed by atoms with Gasteiger partial charge in [0.15, 0.2) is 0 Å². The summed E-state index contributed by atoms with van der Waals surface area (Å²) in [7, 11) is 0. The van der Waals surface area contributed by atoms with Crippen LogP contribution < -0.4 is 38.4 Å². The van der Waals surface area contributed by atoms with Crippen molar-refractivity contribution in [2.75, 3.05) is 32.7 Å². The third-order valence-electron chi connectivity index (χ3n) is 7.13. The fraction of sp³-hybridized carbons (Fsp3) is 0.367. The molecule has 0 fully saturated rings. The number of nitrogens with two attached hydrogens (primary N) is 1. The van der Waals surface area contributed by atoms with Gasteiger partial charge in [0.1, 0.15) is 23.1 Å². The summed E-state index contributed by atoms with van der Waals surface area (Å²) >= 11 is 0. The molecule has 19 heteroatoms. The molecule has 3 aromatic rings. The molecular formula is C30H39ClN8O10. The number of aromatic nitrogens is 3. The molecule has 0 aliphatic carbocycles. The SMILES string of the molecule is Cl.NCCCC[C@H](NC(=O)c1cccc(=O)n1O)C(=O)N(CCCNC(=O)c1cccc(=O)n1O)CCCNC(=O)c1cccc(=O)n1O. The average molecular weight is 707 g/mol. The van der Waals surface area contributed by atoms with E-state index in [4.69, 9.17) is 5.73 Å². The van der Waals surface area contributed by atoms with Gasteiger partial charge >= 0.3 is 0 Å². The van der Waals surface area contributed by atoms with E-state index in [0.29, 0.717) is 19.4 Å². The largest absolute Gasteiger partial charge is 0.425 e. The van der Waals surface area contributed by atoms with E-state index in [1.54, 1.807) is 0 Å². The first kappa shape index (κ1) is 39.6. The van der Waals surface area contributed by atoms with E-state index in [-0.39, 0.29) is 89.1 Å². The summed E-state index contributed by atoms with van der Waals surface area (Å²) in [6.45, 7) is 0.494. The van der Waals surface area contributed by atoms with Gasteiger partial charge in [-0.1, -0.05) is 18.2 Å². The summed E-state index contributed by atoms with van der Waals surface area (Å²) in [4.78, 5) is 88.4. The van der Waals surface area contributed by atoms with Crippen molar-refractivity contribution in [1.82, 2.24) is 35.0 Å². The van der Waals surface area contributed by atoms with Crippen LogP contribution >= 0.6 is 12.4 Å². The molecule has 0 saturated carbocycles. The fourth-order valence-corrected chi connectivity index (χ4v) is 4.62. The molecule has 49 heavy (non-hydrogen) atoms. The van der Waals surface area contributed by atoms with Crippen LogP contribution in [-0.4, -0.2) is 97.1 Å². The zero-order valence-corrected chi connectivity index (χ0v) is 27.1. The summed E-state index contributed by atoms with van der Waals surface area (Å²) in [6.07, 6.45) is 1.56. The van der Waals surface area contributed by atoms with Gasteiger partial charge in [0.25, 0.3) is 34.4 Å². The number of rotatable bonds is 17. The summed E-state index contributed by atoms with van der Waals surface area (Å²) in [6, 6.07) is 9.70. The molecule has 3 rings (SSSR count). The van der Waals surface area contributed by atoms with E-state index >= 15 is 0 Å². The van der Waals surface area contributed by atoms with E-state index in [9.17, 15) is 49.2 Å². The fourth-order valence-electron chi connectivity index (χ4n) is 4.62. The topological polar surface area (TPSA) is 260 Å². The third-order valence-corrected chi connectivity index (χ3v) is 7.13. The van der Waals surface area contributed by atoms with Crippen LogP contribution in [0.15, 0.2) is 69.0 Å². The Hall–Kier alpha value is -5.62. The molecule has 0 radical (unpaired) electrons. The molecule has 0 aromatic carbocycles. The number of nitrogens with one attached hydrogen (secondary N) is 3. The van der Waals surface area contributed by atoms with Crippen LogP contribution in [0.3, 0.4) is 0 Å². The molecule has 0 bridgehead atoms. The molecule has 0 aliphatic rings. The number of nitrogens with zero attached hydrogens (tertiary/aromatic N) is 4. The second-order valence-corrected chi connectivity index (χ2v) is 10.5. The van der Waals surface area contributed by atoms with Gasteiger partial charge in [0, 0.05) is 44.4 Å². The maximum absolute atomic E-state index is 13.9. The van der Waals surface area contributed by atoms with Crippen molar-refractivity contribution in [1.29, 1.82) is 0 Å². The number of halogens is 1. The zero-order chi connectivity index (χ0) is 35.2. The van der Waals surface area contributed by atoms with E-state index < -0.39 is 46.3 Å². The molecule has 266 valence electrons. The predicted octanol–water partition coefficient (Wildman–Crippen LogP) is -0.998. The number of carbonyl (C=O) groups is 4. The van der Waals surface area contributed by atoms with Crippen molar-refractivity contribution in [2.24, 2.45) is 5.73 Å². The number of hydrogen-bond acceptors (Lipinski definition) is 11. The van der Waals surface area contributed by atoms with Crippen LogP contribution in [0.1, 0.15) is 63.6 Å². The molecule has 0 spiro atoms. The van der Waals surface area contributed by atoms with Gasteiger partial charge in [-0.2, -0.15) is 0 Å². The first-order chi connectivity index (χ1) is 23.0. The lowest BCUT2D eigenvalue weighted by Gasteiger charge is -2.28. The van der Waals surface area contributed by atoms with Crippen molar-refractivity contribution in [2.45, 2.75) is 38.1 Å². The molecule has 1 atom stereocenters. The van der Waals surface area contributed by atoms with Gasteiger partial charge in [-0.05, 0) is 56.8 Å². The number of hydrogen-bond donors (Lipinski definition) is 7. The van der Waals surface area contributed by atoms with Crippen molar-refractivity contribution < 1.29 is 34.8 Å².